The molecule has 3 aliphatic rings. The van der Waals surface area contributed by atoms with Gasteiger partial charge in [-0.3, -0.25) is 0 Å². The van der Waals surface area contributed by atoms with E-state index in [0.29, 0.717) is 5.92 Å². The molecule has 5 rings (SSSR count). The minimum Gasteiger partial charge on any atom is -0.356 e. The number of benzene rings is 1. The molecule has 0 spiro atoms. The fourth-order valence-electron chi connectivity index (χ4n) is 4.90. The predicted octanol–water partition coefficient (Wildman–Crippen LogP) is 4.45. The van der Waals surface area contributed by atoms with Crippen LogP contribution >= 0.6 is 0 Å². The van der Waals surface area contributed by atoms with E-state index >= 15 is 0 Å². The van der Waals surface area contributed by atoms with E-state index in [1.807, 2.05) is 12.4 Å². The van der Waals surface area contributed by atoms with E-state index in [1.54, 1.807) is 0 Å². The van der Waals surface area contributed by atoms with Gasteiger partial charge in [-0.2, -0.15) is 5.10 Å². The summed E-state index contributed by atoms with van der Waals surface area (Å²) < 4.78 is 0. The Hall–Kier alpha value is -3.28. The van der Waals surface area contributed by atoms with Crippen LogP contribution < -0.4 is 4.90 Å². The molecule has 3 heterocycles. The summed E-state index contributed by atoms with van der Waals surface area (Å²) in [6, 6.07) is 10.6. The van der Waals surface area contributed by atoms with Crippen LogP contribution in [0.3, 0.4) is 0 Å². The highest BCUT2D eigenvalue weighted by Crippen LogP contribution is 2.30. The molecule has 1 aliphatic carbocycles. The van der Waals surface area contributed by atoms with Crippen molar-refractivity contribution in [2.45, 2.75) is 39.0 Å². The molecule has 6 nitrogen and oxygen atoms in total. The molecule has 0 amide bonds. The molecule has 170 valence electrons. The number of aromatic nitrogens is 2. The maximum absolute atomic E-state index is 4.79. The SMILES string of the molecule is CCCc1cnc(N2CCCN(C3=NN=C(Cc4ccccc4)C4=CC=CCC43)CC2)nc1. The average Bonchev–Trinajstić information content (AvgIpc) is 3.12. The minimum absolute atomic E-state index is 0.294. The second kappa shape index (κ2) is 10.1. The van der Waals surface area contributed by atoms with Crippen LogP contribution in [0.25, 0.3) is 0 Å². The summed E-state index contributed by atoms with van der Waals surface area (Å²) >= 11 is 0. The van der Waals surface area contributed by atoms with Crippen molar-refractivity contribution in [3.8, 4) is 0 Å². The molecule has 0 saturated carbocycles. The van der Waals surface area contributed by atoms with Crippen LogP contribution in [0.5, 0.6) is 0 Å². The minimum atomic E-state index is 0.294. The van der Waals surface area contributed by atoms with Crippen molar-refractivity contribution < 1.29 is 0 Å². The highest BCUT2D eigenvalue weighted by molar-refractivity contribution is 6.09. The molecule has 0 radical (unpaired) electrons. The number of nitrogens with zero attached hydrogens (tertiary/aromatic N) is 6. The van der Waals surface area contributed by atoms with Crippen LogP contribution in [-0.4, -0.2) is 52.6 Å². The topological polar surface area (TPSA) is 57.0 Å². The summed E-state index contributed by atoms with van der Waals surface area (Å²) in [6.45, 7) is 5.94. The maximum atomic E-state index is 4.79. The second-order valence-electron chi connectivity index (χ2n) is 8.97. The molecule has 2 aromatic rings. The summed E-state index contributed by atoms with van der Waals surface area (Å²) in [5, 5.41) is 9.52. The van der Waals surface area contributed by atoms with Crippen LogP contribution in [0.4, 0.5) is 5.95 Å². The van der Waals surface area contributed by atoms with Gasteiger partial charge in [0, 0.05) is 50.9 Å². The molecular weight excluding hydrogens is 408 g/mol. The van der Waals surface area contributed by atoms with Gasteiger partial charge in [0.05, 0.1) is 5.71 Å². The van der Waals surface area contributed by atoms with E-state index in [9.17, 15) is 0 Å². The molecule has 6 heteroatoms. The Balaban J connectivity index is 1.31. The van der Waals surface area contributed by atoms with Gasteiger partial charge in [0.15, 0.2) is 0 Å². The third-order valence-corrected chi connectivity index (χ3v) is 6.62. The molecule has 1 saturated heterocycles. The summed E-state index contributed by atoms with van der Waals surface area (Å²) in [5.41, 5.74) is 4.90. The number of rotatable bonds is 5. The van der Waals surface area contributed by atoms with Gasteiger partial charge in [0.1, 0.15) is 5.84 Å². The molecular formula is C27H32N6. The zero-order valence-corrected chi connectivity index (χ0v) is 19.4. The van der Waals surface area contributed by atoms with Crippen LogP contribution in [0.2, 0.25) is 0 Å². The summed E-state index contributed by atoms with van der Waals surface area (Å²) in [5.74, 6) is 2.25. The average molecular weight is 441 g/mol. The molecule has 33 heavy (non-hydrogen) atoms. The first-order valence-electron chi connectivity index (χ1n) is 12.2. The summed E-state index contributed by atoms with van der Waals surface area (Å²) in [7, 11) is 0. The lowest BCUT2D eigenvalue weighted by molar-refractivity contribution is 0.422. The standard InChI is InChI=1S/C27H32N6/c1-2-9-22-19-28-27(29-20-22)33-15-8-14-32(16-17-33)26-24-13-7-6-12-23(24)25(30-31-26)18-21-10-4-3-5-11-21/h3-7,10-12,19-20,24H,2,8-9,13-18H2,1H3. The Bertz CT molecular complexity index is 1070. The van der Waals surface area contributed by atoms with Gasteiger partial charge in [0.25, 0.3) is 0 Å². The zero-order chi connectivity index (χ0) is 22.5. The maximum Gasteiger partial charge on any atom is 0.225 e. The van der Waals surface area contributed by atoms with E-state index in [2.05, 4.69) is 75.3 Å². The Morgan fingerprint density at radius 2 is 1.70 bits per heavy atom. The lowest BCUT2D eigenvalue weighted by Gasteiger charge is -2.34. The van der Waals surface area contributed by atoms with E-state index in [1.165, 1.54) is 16.7 Å². The fraction of sp³-hybridized carbons (Fsp3) is 0.407. The van der Waals surface area contributed by atoms with Gasteiger partial charge in [-0.05, 0) is 36.0 Å². The van der Waals surface area contributed by atoms with Crippen molar-refractivity contribution in [2.75, 3.05) is 31.1 Å². The lowest BCUT2D eigenvalue weighted by Crippen LogP contribution is -2.42. The summed E-state index contributed by atoms with van der Waals surface area (Å²) in [6.07, 6.45) is 15.6. The second-order valence-corrected chi connectivity index (χ2v) is 8.97. The van der Waals surface area contributed by atoms with Crippen molar-refractivity contribution in [3.05, 3.63) is 77.7 Å². The van der Waals surface area contributed by atoms with Gasteiger partial charge in [0.2, 0.25) is 5.95 Å². The van der Waals surface area contributed by atoms with Crippen LogP contribution in [-0.2, 0) is 12.8 Å². The van der Waals surface area contributed by atoms with Crippen molar-refractivity contribution in [1.82, 2.24) is 14.9 Å². The number of fused-ring (bicyclic) bond motifs is 1. The van der Waals surface area contributed by atoms with E-state index in [0.717, 1.165) is 75.8 Å². The lowest BCUT2D eigenvalue weighted by atomic mass is 9.84. The molecule has 1 aromatic heterocycles. The highest BCUT2D eigenvalue weighted by Gasteiger charge is 2.32. The number of aryl methyl sites for hydroxylation is 1. The third-order valence-electron chi connectivity index (χ3n) is 6.62. The molecule has 2 aliphatic heterocycles. The monoisotopic (exact) mass is 440 g/mol. The van der Waals surface area contributed by atoms with Crippen molar-refractivity contribution >= 4 is 17.5 Å². The Labute approximate surface area is 196 Å². The summed E-state index contributed by atoms with van der Waals surface area (Å²) in [4.78, 5) is 14.0. The number of amidine groups is 1. The third kappa shape index (κ3) is 4.90. The highest BCUT2D eigenvalue weighted by atomic mass is 15.3. The quantitative estimate of drug-likeness (QED) is 0.689. The fourth-order valence-corrected chi connectivity index (χ4v) is 4.90. The van der Waals surface area contributed by atoms with Crippen LogP contribution in [0.1, 0.15) is 37.3 Å². The Morgan fingerprint density at radius 1 is 0.909 bits per heavy atom. The van der Waals surface area contributed by atoms with E-state index in [4.69, 9.17) is 10.2 Å². The number of allylic oxidation sites excluding steroid dienone is 3. The molecule has 1 unspecified atom stereocenters. The van der Waals surface area contributed by atoms with Gasteiger partial charge < -0.3 is 9.80 Å². The van der Waals surface area contributed by atoms with Crippen LogP contribution in [0, 0.1) is 5.92 Å². The van der Waals surface area contributed by atoms with Gasteiger partial charge >= 0.3 is 0 Å². The largest absolute Gasteiger partial charge is 0.356 e. The normalized spacial score (nSPS) is 20.5. The first kappa shape index (κ1) is 21.6. The van der Waals surface area contributed by atoms with Crippen LogP contribution in [0.15, 0.2) is 76.7 Å². The first-order valence-corrected chi connectivity index (χ1v) is 12.2. The number of hydrogen-bond donors (Lipinski definition) is 0. The zero-order valence-electron chi connectivity index (χ0n) is 19.4. The molecule has 1 aromatic carbocycles. The van der Waals surface area contributed by atoms with E-state index in [-0.39, 0.29) is 0 Å². The first-order chi connectivity index (χ1) is 16.3. The van der Waals surface area contributed by atoms with Crippen molar-refractivity contribution in [1.29, 1.82) is 0 Å². The molecule has 0 bridgehead atoms. The van der Waals surface area contributed by atoms with E-state index < -0.39 is 0 Å². The smallest absolute Gasteiger partial charge is 0.225 e. The van der Waals surface area contributed by atoms with Gasteiger partial charge in [-0.25, -0.2) is 9.97 Å². The molecule has 1 fully saturated rings. The molecule has 1 atom stereocenters. The van der Waals surface area contributed by atoms with Crippen molar-refractivity contribution in [3.63, 3.8) is 0 Å². The Kier molecular flexibility index (Phi) is 6.61. The number of hydrogen-bond acceptors (Lipinski definition) is 6. The number of anilines is 1. The molecule has 0 N–H and O–H groups in total. The van der Waals surface area contributed by atoms with Crippen molar-refractivity contribution in [2.24, 2.45) is 16.1 Å². The Morgan fingerprint density at radius 3 is 2.52 bits per heavy atom. The van der Waals surface area contributed by atoms with Gasteiger partial charge in [-0.15, -0.1) is 5.10 Å². The predicted molar refractivity (Wildman–Crippen MR) is 135 cm³/mol. The van der Waals surface area contributed by atoms with Gasteiger partial charge in [-0.1, -0.05) is 61.9 Å².